The summed E-state index contributed by atoms with van der Waals surface area (Å²) in [5.41, 5.74) is 0. The molecule has 0 saturated heterocycles. The van der Waals surface area contributed by atoms with Crippen LogP contribution >= 0.6 is 0 Å². The molecule has 2 nitrogen and oxygen atoms in total. The molecule has 0 amide bonds. The lowest BCUT2D eigenvalue weighted by Gasteiger charge is -2.03. The van der Waals surface area contributed by atoms with Gasteiger partial charge < -0.3 is 9.47 Å². The lowest BCUT2D eigenvalue weighted by molar-refractivity contribution is -0.0411. The van der Waals surface area contributed by atoms with E-state index < -0.39 is 0 Å². The van der Waals surface area contributed by atoms with E-state index in [1.807, 2.05) is 36.4 Å². The Morgan fingerprint density at radius 3 is 1.17 bits per heavy atom. The monoisotopic (exact) mass is 184 g/mol. The summed E-state index contributed by atoms with van der Waals surface area (Å²) < 4.78 is 9.48. The highest BCUT2D eigenvalue weighted by molar-refractivity contribution is 6.09. The minimum absolute atomic E-state index is 0.0741. The first-order valence-electron chi connectivity index (χ1n) is 3.87. The van der Waals surface area contributed by atoms with Crippen LogP contribution < -0.4 is 0 Å². The maximum absolute atomic E-state index is 4.74. The second kappa shape index (κ2) is 8.45. The number of hydrogen-bond acceptors (Lipinski definition) is 2. The topological polar surface area (TPSA) is 18.5 Å². The second-order valence-corrected chi connectivity index (χ2v) is 3.14. The van der Waals surface area contributed by atoms with E-state index in [0.29, 0.717) is 0 Å². The minimum Gasteiger partial charge on any atom is -0.361 e. The van der Waals surface area contributed by atoms with Crippen LogP contribution in [-0.4, -0.2) is 30.4 Å². The van der Waals surface area contributed by atoms with Crippen molar-refractivity contribution in [1.82, 2.24) is 0 Å². The number of benzene rings is 1. The van der Waals surface area contributed by atoms with Gasteiger partial charge in [0.05, 0.1) is 10.2 Å². The van der Waals surface area contributed by atoms with Crippen LogP contribution in [0.2, 0.25) is 0 Å². The van der Waals surface area contributed by atoms with Crippen LogP contribution in [0.4, 0.5) is 0 Å². The van der Waals surface area contributed by atoms with Crippen molar-refractivity contribution in [3.8, 4) is 0 Å². The third-order valence-corrected chi connectivity index (χ3v) is 2.27. The molecule has 0 aliphatic heterocycles. The lowest BCUT2D eigenvalue weighted by atomic mass is 10.4. The quantitative estimate of drug-likeness (QED) is 0.495. The average molecular weight is 184 g/mol. The first-order chi connectivity index (χ1) is 5.81. The van der Waals surface area contributed by atoms with Gasteiger partial charge >= 0.3 is 0 Å². The van der Waals surface area contributed by atoms with E-state index in [1.54, 1.807) is 14.2 Å². The number of ether oxygens (including phenoxy) is 2. The molecule has 0 fully saturated rings. The highest BCUT2D eigenvalue weighted by atomic mass is 28.1. The SMILES string of the molecule is COC([SiH3])OC.c1ccccc1. The Bertz CT molecular complexity index is 137. The molecule has 0 aliphatic rings. The predicted octanol–water partition coefficient (Wildman–Crippen LogP) is 0.615. The van der Waals surface area contributed by atoms with Crippen molar-refractivity contribution in [2.45, 2.75) is 5.91 Å². The molecule has 0 aliphatic carbocycles. The van der Waals surface area contributed by atoms with Crippen molar-refractivity contribution < 1.29 is 9.47 Å². The van der Waals surface area contributed by atoms with Gasteiger partial charge in [-0.1, -0.05) is 36.4 Å². The third-order valence-electron chi connectivity index (χ3n) is 1.33. The maximum Gasteiger partial charge on any atom is 0.130 e. The highest BCUT2D eigenvalue weighted by Gasteiger charge is 1.87. The Morgan fingerprint density at radius 2 is 1.08 bits per heavy atom. The largest absolute Gasteiger partial charge is 0.361 e. The van der Waals surface area contributed by atoms with Gasteiger partial charge in [0.1, 0.15) is 5.91 Å². The van der Waals surface area contributed by atoms with Gasteiger partial charge in [0, 0.05) is 14.2 Å². The molecule has 0 atom stereocenters. The van der Waals surface area contributed by atoms with E-state index in [1.165, 1.54) is 0 Å². The molecule has 0 N–H and O–H groups in total. The molecule has 0 heterocycles. The van der Waals surface area contributed by atoms with Gasteiger partial charge in [0.15, 0.2) is 0 Å². The molecule has 0 spiro atoms. The fraction of sp³-hybridized carbons (Fsp3) is 0.333. The molecule has 0 saturated carbocycles. The van der Waals surface area contributed by atoms with E-state index in [4.69, 9.17) is 9.47 Å². The molecule has 3 heteroatoms. The Morgan fingerprint density at radius 1 is 0.833 bits per heavy atom. The summed E-state index contributed by atoms with van der Waals surface area (Å²) in [6, 6.07) is 12.0. The Balaban J connectivity index is 0.000000202. The number of hydrogen-bond donors (Lipinski definition) is 0. The van der Waals surface area contributed by atoms with Crippen molar-refractivity contribution in [2.24, 2.45) is 0 Å². The molecule has 1 aromatic carbocycles. The normalized spacial score (nSPS) is 9.25. The van der Waals surface area contributed by atoms with E-state index in [9.17, 15) is 0 Å². The summed E-state index contributed by atoms with van der Waals surface area (Å²) in [5.74, 6) is 0.0741. The van der Waals surface area contributed by atoms with Crippen LogP contribution in [0.5, 0.6) is 0 Å². The molecule has 0 aromatic heterocycles. The minimum atomic E-state index is 0.0741. The van der Waals surface area contributed by atoms with Crippen molar-refractivity contribution in [2.75, 3.05) is 14.2 Å². The smallest absolute Gasteiger partial charge is 0.130 e. The van der Waals surface area contributed by atoms with Crippen LogP contribution in [-0.2, 0) is 9.47 Å². The van der Waals surface area contributed by atoms with Crippen LogP contribution in [0, 0.1) is 0 Å². The zero-order valence-electron chi connectivity index (χ0n) is 7.86. The van der Waals surface area contributed by atoms with Gasteiger partial charge in [-0.3, -0.25) is 0 Å². The van der Waals surface area contributed by atoms with Crippen LogP contribution in [0.15, 0.2) is 36.4 Å². The Labute approximate surface area is 76.9 Å². The summed E-state index contributed by atoms with van der Waals surface area (Å²) in [5, 5.41) is 0. The number of methoxy groups -OCH3 is 2. The predicted molar refractivity (Wildman–Crippen MR) is 54.2 cm³/mol. The molecule has 12 heavy (non-hydrogen) atoms. The van der Waals surface area contributed by atoms with Gasteiger partial charge in [-0.25, -0.2) is 0 Å². The first kappa shape index (κ1) is 11.4. The molecular weight excluding hydrogens is 168 g/mol. The maximum atomic E-state index is 4.74. The lowest BCUT2D eigenvalue weighted by Crippen LogP contribution is -2.11. The van der Waals surface area contributed by atoms with Gasteiger partial charge in [-0.05, 0) is 0 Å². The van der Waals surface area contributed by atoms with Gasteiger partial charge in [-0.2, -0.15) is 0 Å². The van der Waals surface area contributed by atoms with Gasteiger partial charge in [0.2, 0.25) is 0 Å². The van der Waals surface area contributed by atoms with Crippen molar-refractivity contribution in [1.29, 1.82) is 0 Å². The summed E-state index contributed by atoms with van der Waals surface area (Å²) >= 11 is 0. The number of rotatable bonds is 2. The molecule has 0 unspecified atom stereocenters. The second-order valence-electron chi connectivity index (χ2n) is 2.19. The van der Waals surface area contributed by atoms with Crippen molar-refractivity contribution >= 4 is 10.2 Å². The molecule has 1 aromatic rings. The standard InChI is InChI=1S/C6H6.C3H10O2Si/c1-2-4-6-5-3-1;1-4-3(6)5-2/h1-6H;3H,1-2,6H3. The molecule has 1 rings (SSSR count). The average Bonchev–Trinajstić information content (AvgIpc) is 2.20. The fourth-order valence-electron chi connectivity index (χ4n) is 0.481. The van der Waals surface area contributed by atoms with E-state index >= 15 is 0 Å². The fourth-order valence-corrected chi connectivity index (χ4v) is 0.481. The van der Waals surface area contributed by atoms with E-state index in [2.05, 4.69) is 0 Å². The Hall–Kier alpha value is -0.643. The van der Waals surface area contributed by atoms with E-state index in [0.717, 1.165) is 10.2 Å². The third kappa shape index (κ3) is 7.46. The van der Waals surface area contributed by atoms with Crippen LogP contribution in [0.1, 0.15) is 0 Å². The van der Waals surface area contributed by atoms with Gasteiger partial charge in [0.25, 0.3) is 0 Å². The summed E-state index contributed by atoms with van der Waals surface area (Å²) in [4.78, 5) is 0. The summed E-state index contributed by atoms with van der Waals surface area (Å²) in [6.07, 6.45) is 0. The molecule has 68 valence electrons. The molecular formula is C9H16O2Si. The zero-order valence-corrected chi connectivity index (χ0v) is 9.86. The van der Waals surface area contributed by atoms with Crippen molar-refractivity contribution in [3.63, 3.8) is 0 Å². The van der Waals surface area contributed by atoms with Crippen LogP contribution in [0.25, 0.3) is 0 Å². The Kier molecular flexibility index (Phi) is 8.00. The summed E-state index contributed by atoms with van der Waals surface area (Å²) in [7, 11) is 4.23. The highest BCUT2D eigenvalue weighted by Crippen LogP contribution is 1.80. The van der Waals surface area contributed by atoms with Crippen molar-refractivity contribution in [3.05, 3.63) is 36.4 Å². The first-order valence-corrected chi connectivity index (χ1v) is 5.02. The zero-order chi connectivity index (χ0) is 9.23. The summed E-state index contributed by atoms with van der Waals surface area (Å²) in [6.45, 7) is 0. The van der Waals surface area contributed by atoms with Crippen LogP contribution in [0.3, 0.4) is 0 Å². The molecule has 0 radical (unpaired) electrons. The van der Waals surface area contributed by atoms with Gasteiger partial charge in [-0.15, -0.1) is 0 Å². The molecule has 0 bridgehead atoms. The van der Waals surface area contributed by atoms with E-state index in [-0.39, 0.29) is 5.91 Å².